The largest absolute Gasteiger partial charge is 0.383 e. The maximum Gasteiger partial charge on any atom is 0.255 e. The highest BCUT2D eigenvalue weighted by Crippen LogP contribution is 2.20. The molecule has 1 aliphatic heterocycles. The van der Waals surface area contributed by atoms with Crippen molar-refractivity contribution < 1.29 is 4.79 Å². The number of likely N-dealkylation sites (N-methyl/N-ethyl adjacent to an activating group) is 1. The number of aryl methyl sites for hydroxylation is 1. The molecular weight excluding hydrogens is 176 g/mol. The van der Waals surface area contributed by atoms with Gasteiger partial charge >= 0.3 is 0 Å². The van der Waals surface area contributed by atoms with Gasteiger partial charge in [0.1, 0.15) is 0 Å². The molecule has 1 aromatic carbocycles. The minimum atomic E-state index is 0.105. The molecule has 1 aromatic rings. The van der Waals surface area contributed by atoms with Gasteiger partial charge in [0.25, 0.3) is 5.91 Å². The van der Waals surface area contributed by atoms with Gasteiger partial charge in [-0.3, -0.25) is 4.79 Å². The number of hydrogen-bond donors (Lipinski definition) is 1. The molecule has 1 amide bonds. The van der Waals surface area contributed by atoms with E-state index in [1.807, 2.05) is 32.2 Å². The van der Waals surface area contributed by atoms with Gasteiger partial charge in [0.15, 0.2) is 0 Å². The van der Waals surface area contributed by atoms with Gasteiger partial charge in [-0.1, -0.05) is 11.6 Å². The SMILES string of the molecule is Cc1ccc2c(c1)C(=O)N(C)CCN2. The Hall–Kier alpha value is -1.51. The van der Waals surface area contributed by atoms with Crippen molar-refractivity contribution in [1.29, 1.82) is 0 Å². The van der Waals surface area contributed by atoms with E-state index in [9.17, 15) is 4.79 Å². The molecule has 3 heteroatoms. The molecule has 1 heterocycles. The maximum absolute atomic E-state index is 11.9. The van der Waals surface area contributed by atoms with E-state index in [0.717, 1.165) is 29.9 Å². The van der Waals surface area contributed by atoms with E-state index in [1.165, 1.54) is 0 Å². The molecule has 0 atom stereocenters. The van der Waals surface area contributed by atoms with E-state index in [2.05, 4.69) is 5.32 Å². The van der Waals surface area contributed by atoms with E-state index in [4.69, 9.17) is 0 Å². The summed E-state index contributed by atoms with van der Waals surface area (Å²) in [4.78, 5) is 13.6. The monoisotopic (exact) mass is 190 g/mol. The Bertz CT molecular complexity index is 374. The Morgan fingerprint density at radius 2 is 2.21 bits per heavy atom. The quantitative estimate of drug-likeness (QED) is 0.672. The molecule has 2 rings (SSSR count). The summed E-state index contributed by atoms with van der Waals surface area (Å²) in [5.41, 5.74) is 2.85. The van der Waals surface area contributed by atoms with Crippen LogP contribution in [0.3, 0.4) is 0 Å². The number of anilines is 1. The highest BCUT2D eigenvalue weighted by atomic mass is 16.2. The van der Waals surface area contributed by atoms with Crippen LogP contribution in [-0.2, 0) is 0 Å². The van der Waals surface area contributed by atoms with Gasteiger partial charge in [-0.05, 0) is 19.1 Å². The van der Waals surface area contributed by atoms with Crippen LogP contribution < -0.4 is 5.32 Å². The fourth-order valence-electron chi connectivity index (χ4n) is 1.65. The zero-order valence-electron chi connectivity index (χ0n) is 8.50. The lowest BCUT2D eigenvalue weighted by molar-refractivity contribution is 0.0805. The van der Waals surface area contributed by atoms with Crippen molar-refractivity contribution in [1.82, 2.24) is 4.90 Å². The molecular formula is C11H14N2O. The molecule has 0 saturated carbocycles. The third-order valence-corrected chi connectivity index (χ3v) is 2.51. The van der Waals surface area contributed by atoms with Crippen molar-refractivity contribution in [3.63, 3.8) is 0 Å². The summed E-state index contributed by atoms with van der Waals surface area (Å²) in [6.07, 6.45) is 0. The second-order valence-corrected chi connectivity index (χ2v) is 3.70. The van der Waals surface area contributed by atoms with Crippen LogP contribution in [0.2, 0.25) is 0 Å². The Balaban J connectivity index is 2.50. The average Bonchev–Trinajstić information content (AvgIpc) is 2.30. The summed E-state index contributed by atoms with van der Waals surface area (Å²) in [7, 11) is 1.83. The Labute approximate surface area is 83.7 Å². The van der Waals surface area contributed by atoms with Gasteiger partial charge in [-0.15, -0.1) is 0 Å². The molecule has 1 aliphatic rings. The summed E-state index contributed by atoms with van der Waals surface area (Å²) in [5.74, 6) is 0.105. The number of fused-ring (bicyclic) bond motifs is 1. The van der Waals surface area contributed by atoms with Gasteiger partial charge in [-0.25, -0.2) is 0 Å². The van der Waals surface area contributed by atoms with Crippen molar-refractivity contribution in [3.05, 3.63) is 29.3 Å². The highest BCUT2D eigenvalue weighted by molar-refractivity contribution is 6.00. The van der Waals surface area contributed by atoms with Gasteiger partial charge in [0.2, 0.25) is 0 Å². The first-order chi connectivity index (χ1) is 6.68. The third-order valence-electron chi connectivity index (χ3n) is 2.51. The minimum Gasteiger partial charge on any atom is -0.383 e. The number of hydrogen-bond acceptors (Lipinski definition) is 2. The lowest BCUT2D eigenvalue weighted by Crippen LogP contribution is -2.28. The van der Waals surface area contributed by atoms with Crippen LogP contribution in [0.25, 0.3) is 0 Å². The van der Waals surface area contributed by atoms with Crippen LogP contribution in [0.1, 0.15) is 15.9 Å². The van der Waals surface area contributed by atoms with Crippen molar-refractivity contribution >= 4 is 11.6 Å². The number of carbonyl (C=O) groups excluding carboxylic acids is 1. The van der Waals surface area contributed by atoms with Crippen molar-refractivity contribution in [3.8, 4) is 0 Å². The van der Waals surface area contributed by atoms with Crippen LogP contribution >= 0.6 is 0 Å². The van der Waals surface area contributed by atoms with E-state index in [0.29, 0.717) is 0 Å². The fourth-order valence-corrected chi connectivity index (χ4v) is 1.65. The molecule has 0 bridgehead atoms. The molecule has 0 aliphatic carbocycles. The second-order valence-electron chi connectivity index (χ2n) is 3.70. The normalized spacial score (nSPS) is 15.9. The Morgan fingerprint density at radius 3 is 3.00 bits per heavy atom. The zero-order chi connectivity index (χ0) is 10.1. The minimum absolute atomic E-state index is 0.105. The van der Waals surface area contributed by atoms with E-state index in [1.54, 1.807) is 4.90 Å². The molecule has 0 unspecified atom stereocenters. The standard InChI is InChI=1S/C11H14N2O/c1-8-3-4-10-9(7-8)11(14)13(2)6-5-12-10/h3-4,7,12H,5-6H2,1-2H3. The molecule has 1 N–H and O–H groups in total. The summed E-state index contributed by atoms with van der Waals surface area (Å²) in [6.45, 7) is 3.57. The summed E-state index contributed by atoms with van der Waals surface area (Å²) < 4.78 is 0. The molecule has 74 valence electrons. The van der Waals surface area contributed by atoms with E-state index >= 15 is 0 Å². The predicted molar refractivity (Wildman–Crippen MR) is 56.6 cm³/mol. The van der Waals surface area contributed by atoms with Crippen molar-refractivity contribution in [2.45, 2.75) is 6.92 Å². The number of rotatable bonds is 0. The Kier molecular flexibility index (Phi) is 2.15. The second kappa shape index (κ2) is 3.33. The topological polar surface area (TPSA) is 32.3 Å². The van der Waals surface area contributed by atoms with Gasteiger partial charge in [-0.2, -0.15) is 0 Å². The van der Waals surface area contributed by atoms with Crippen LogP contribution in [-0.4, -0.2) is 30.9 Å². The highest BCUT2D eigenvalue weighted by Gasteiger charge is 2.18. The van der Waals surface area contributed by atoms with E-state index < -0.39 is 0 Å². The molecule has 0 saturated heterocycles. The summed E-state index contributed by atoms with van der Waals surface area (Å²) in [5, 5.41) is 3.25. The van der Waals surface area contributed by atoms with Crippen LogP contribution in [0.4, 0.5) is 5.69 Å². The van der Waals surface area contributed by atoms with Crippen molar-refractivity contribution in [2.75, 3.05) is 25.5 Å². The molecule has 0 aromatic heterocycles. The smallest absolute Gasteiger partial charge is 0.255 e. The number of nitrogens with one attached hydrogen (secondary N) is 1. The first-order valence-electron chi connectivity index (χ1n) is 4.78. The fraction of sp³-hybridized carbons (Fsp3) is 0.364. The zero-order valence-corrected chi connectivity index (χ0v) is 8.50. The third kappa shape index (κ3) is 1.45. The maximum atomic E-state index is 11.9. The molecule has 14 heavy (non-hydrogen) atoms. The number of benzene rings is 1. The van der Waals surface area contributed by atoms with Gasteiger partial charge < -0.3 is 10.2 Å². The first kappa shape index (κ1) is 9.06. The number of carbonyl (C=O) groups is 1. The first-order valence-corrected chi connectivity index (χ1v) is 4.78. The number of amides is 1. The summed E-state index contributed by atoms with van der Waals surface area (Å²) >= 11 is 0. The van der Waals surface area contributed by atoms with Crippen LogP contribution in [0.15, 0.2) is 18.2 Å². The molecule has 0 fully saturated rings. The Morgan fingerprint density at radius 1 is 1.43 bits per heavy atom. The molecule has 3 nitrogen and oxygen atoms in total. The molecule has 0 spiro atoms. The molecule has 0 radical (unpaired) electrons. The van der Waals surface area contributed by atoms with Crippen LogP contribution in [0.5, 0.6) is 0 Å². The van der Waals surface area contributed by atoms with Gasteiger partial charge in [0, 0.05) is 25.8 Å². The lowest BCUT2D eigenvalue weighted by atomic mass is 10.1. The van der Waals surface area contributed by atoms with Crippen LogP contribution in [0, 0.1) is 6.92 Å². The van der Waals surface area contributed by atoms with E-state index in [-0.39, 0.29) is 5.91 Å². The summed E-state index contributed by atoms with van der Waals surface area (Å²) in [6, 6.07) is 5.93. The van der Waals surface area contributed by atoms with Crippen molar-refractivity contribution in [2.24, 2.45) is 0 Å². The number of nitrogens with zero attached hydrogens (tertiary/aromatic N) is 1. The van der Waals surface area contributed by atoms with Gasteiger partial charge in [0.05, 0.1) is 5.56 Å². The average molecular weight is 190 g/mol. The predicted octanol–water partition coefficient (Wildman–Crippen LogP) is 1.49. The lowest BCUT2D eigenvalue weighted by Gasteiger charge is -2.13.